The van der Waals surface area contributed by atoms with Crippen LogP contribution in [0.2, 0.25) is 10.4 Å². The Morgan fingerprint density at radius 1 is 1.00 bits per heavy atom. The summed E-state index contributed by atoms with van der Waals surface area (Å²) >= 11 is 13.4. The van der Waals surface area contributed by atoms with Crippen molar-refractivity contribution in [3.05, 3.63) is 46.8 Å². The molecule has 0 bridgehead atoms. The zero-order valence-electron chi connectivity index (χ0n) is 8.52. The van der Waals surface area contributed by atoms with Gasteiger partial charge in [0.2, 0.25) is 5.28 Å². The highest BCUT2D eigenvalue weighted by Crippen LogP contribution is 2.35. The molecule has 0 saturated carbocycles. The first-order valence-electron chi connectivity index (χ1n) is 4.92. The molecule has 3 aromatic rings. The highest BCUT2D eigenvalue weighted by atomic mass is 35.5. The number of hydrogen-bond acceptors (Lipinski definition) is 3. The van der Waals surface area contributed by atoms with Gasteiger partial charge < -0.3 is 0 Å². The van der Waals surface area contributed by atoms with E-state index < -0.39 is 0 Å². The minimum atomic E-state index is 0.184. The molecule has 0 aliphatic heterocycles. The standard InChI is InChI=1S/C12H6Cl2N2S/c13-10-8-6-9(7-4-2-1-3-5-7)17-11(8)16-12(14)15-10/h1-6H. The van der Waals surface area contributed by atoms with Crippen LogP contribution >= 0.6 is 34.5 Å². The molecule has 0 unspecified atom stereocenters. The summed E-state index contributed by atoms with van der Waals surface area (Å²) in [6, 6.07) is 12.1. The second-order valence-electron chi connectivity index (χ2n) is 3.48. The molecule has 2 nitrogen and oxygen atoms in total. The lowest BCUT2D eigenvalue weighted by molar-refractivity contribution is 1.23. The minimum absolute atomic E-state index is 0.184. The summed E-state index contributed by atoms with van der Waals surface area (Å²) < 4.78 is 0. The fraction of sp³-hybridized carbons (Fsp3) is 0. The van der Waals surface area contributed by atoms with Crippen molar-refractivity contribution in [1.82, 2.24) is 9.97 Å². The molecule has 0 radical (unpaired) electrons. The lowest BCUT2D eigenvalue weighted by atomic mass is 10.2. The summed E-state index contributed by atoms with van der Waals surface area (Å²) in [4.78, 5) is 10.0. The normalized spacial score (nSPS) is 10.9. The van der Waals surface area contributed by atoms with Crippen molar-refractivity contribution in [2.45, 2.75) is 0 Å². The Kier molecular flexibility index (Phi) is 2.74. The molecule has 0 saturated heterocycles. The number of fused-ring (bicyclic) bond motifs is 1. The lowest BCUT2D eigenvalue weighted by Gasteiger charge is -1.93. The third kappa shape index (κ3) is 2.02. The molecule has 2 aromatic heterocycles. The first-order valence-corrected chi connectivity index (χ1v) is 6.49. The van der Waals surface area contributed by atoms with Gasteiger partial charge in [-0.2, -0.15) is 0 Å². The third-order valence-corrected chi connectivity index (χ3v) is 3.91. The molecule has 5 heteroatoms. The van der Waals surface area contributed by atoms with Crippen molar-refractivity contribution < 1.29 is 0 Å². The molecular formula is C12H6Cl2N2S. The van der Waals surface area contributed by atoms with Crippen molar-refractivity contribution >= 4 is 44.8 Å². The number of halogens is 2. The average Bonchev–Trinajstić information content (AvgIpc) is 2.74. The Morgan fingerprint density at radius 2 is 1.76 bits per heavy atom. The van der Waals surface area contributed by atoms with Crippen LogP contribution in [0.1, 0.15) is 0 Å². The van der Waals surface area contributed by atoms with E-state index in [0.29, 0.717) is 5.15 Å². The van der Waals surface area contributed by atoms with Gasteiger partial charge in [-0.15, -0.1) is 11.3 Å². The monoisotopic (exact) mass is 280 g/mol. The third-order valence-electron chi connectivity index (χ3n) is 2.38. The Bertz CT molecular complexity index is 680. The Labute approximate surface area is 112 Å². The fourth-order valence-corrected chi connectivity index (χ4v) is 3.19. The van der Waals surface area contributed by atoms with Gasteiger partial charge in [0.15, 0.2) is 0 Å². The number of aromatic nitrogens is 2. The topological polar surface area (TPSA) is 25.8 Å². The largest absolute Gasteiger partial charge is 0.225 e. The molecule has 0 fully saturated rings. The molecule has 2 heterocycles. The van der Waals surface area contributed by atoms with Gasteiger partial charge in [0.1, 0.15) is 9.98 Å². The van der Waals surface area contributed by atoms with Gasteiger partial charge in [0.25, 0.3) is 0 Å². The van der Waals surface area contributed by atoms with Crippen LogP contribution in [0.25, 0.3) is 20.7 Å². The summed E-state index contributed by atoms with van der Waals surface area (Å²) in [5.74, 6) is 0. The molecule has 0 amide bonds. The fourth-order valence-electron chi connectivity index (χ4n) is 1.61. The molecule has 84 valence electrons. The molecule has 0 aliphatic carbocycles. The predicted octanol–water partition coefficient (Wildman–Crippen LogP) is 4.67. The molecule has 3 rings (SSSR count). The summed E-state index contributed by atoms with van der Waals surface area (Å²) in [5.41, 5.74) is 1.14. The van der Waals surface area contributed by atoms with Gasteiger partial charge in [-0.25, -0.2) is 9.97 Å². The molecular weight excluding hydrogens is 275 g/mol. The van der Waals surface area contributed by atoms with Crippen LogP contribution in [0.5, 0.6) is 0 Å². The molecule has 0 aliphatic rings. The molecule has 0 atom stereocenters. The molecule has 17 heavy (non-hydrogen) atoms. The zero-order valence-corrected chi connectivity index (χ0v) is 10.9. The maximum atomic E-state index is 6.03. The van der Waals surface area contributed by atoms with Crippen molar-refractivity contribution in [3.63, 3.8) is 0 Å². The van der Waals surface area contributed by atoms with Crippen molar-refractivity contribution in [3.8, 4) is 10.4 Å². The first-order chi connectivity index (χ1) is 8.24. The van der Waals surface area contributed by atoms with E-state index in [1.54, 1.807) is 11.3 Å². The Morgan fingerprint density at radius 3 is 2.53 bits per heavy atom. The first kappa shape index (κ1) is 11.0. The number of nitrogens with zero attached hydrogens (tertiary/aromatic N) is 2. The lowest BCUT2D eigenvalue weighted by Crippen LogP contribution is -1.81. The van der Waals surface area contributed by atoms with E-state index in [-0.39, 0.29) is 5.28 Å². The molecule has 0 spiro atoms. The summed E-state index contributed by atoms with van der Waals surface area (Å²) in [7, 11) is 0. The van der Waals surface area contributed by atoms with Gasteiger partial charge in [-0.05, 0) is 23.2 Å². The zero-order chi connectivity index (χ0) is 11.8. The van der Waals surface area contributed by atoms with Crippen molar-refractivity contribution in [2.75, 3.05) is 0 Å². The van der Waals surface area contributed by atoms with E-state index in [1.165, 1.54) is 0 Å². The number of hydrogen-bond donors (Lipinski definition) is 0. The number of thiophene rings is 1. The highest BCUT2D eigenvalue weighted by molar-refractivity contribution is 7.22. The van der Waals surface area contributed by atoms with Gasteiger partial charge in [0.05, 0.1) is 0 Å². The number of rotatable bonds is 1. The van der Waals surface area contributed by atoms with E-state index in [0.717, 1.165) is 20.7 Å². The molecule has 1 aromatic carbocycles. The second-order valence-corrected chi connectivity index (χ2v) is 5.21. The van der Waals surface area contributed by atoms with Crippen LogP contribution in [0.4, 0.5) is 0 Å². The van der Waals surface area contributed by atoms with E-state index in [1.807, 2.05) is 36.4 Å². The van der Waals surface area contributed by atoms with E-state index in [9.17, 15) is 0 Å². The quantitative estimate of drug-likeness (QED) is 0.478. The van der Waals surface area contributed by atoms with Gasteiger partial charge in [-0.3, -0.25) is 0 Å². The van der Waals surface area contributed by atoms with E-state index in [2.05, 4.69) is 9.97 Å². The van der Waals surface area contributed by atoms with E-state index in [4.69, 9.17) is 23.2 Å². The summed E-state index contributed by atoms with van der Waals surface area (Å²) in [5, 5.41) is 1.43. The van der Waals surface area contributed by atoms with Crippen LogP contribution in [-0.4, -0.2) is 9.97 Å². The van der Waals surface area contributed by atoms with E-state index >= 15 is 0 Å². The van der Waals surface area contributed by atoms with Crippen LogP contribution in [0.3, 0.4) is 0 Å². The van der Waals surface area contributed by atoms with Crippen molar-refractivity contribution in [2.24, 2.45) is 0 Å². The summed E-state index contributed by atoms with van der Waals surface area (Å²) in [6.07, 6.45) is 0. The van der Waals surface area contributed by atoms with Gasteiger partial charge in [0, 0.05) is 10.3 Å². The summed E-state index contributed by atoms with van der Waals surface area (Å²) in [6.45, 7) is 0. The Hall–Kier alpha value is -1.16. The second kappa shape index (κ2) is 4.26. The maximum Gasteiger partial charge on any atom is 0.225 e. The number of benzene rings is 1. The highest BCUT2D eigenvalue weighted by Gasteiger charge is 2.10. The molecule has 0 N–H and O–H groups in total. The van der Waals surface area contributed by atoms with Gasteiger partial charge >= 0.3 is 0 Å². The predicted molar refractivity (Wildman–Crippen MR) is 72.9 cm³/mol. The average molecular weight is 281 g/mol. The smallest absolute Gasteiger partial charge is 0.207 e. The minimum Gasteiger partial charge on any atom is -0.207 e. The van der Waals surface area contributed by atoms with Crippen LogP contribution in [-0.2, 0) is 0 Å². The van der Waals surface area contributed by atoms with Crippen LogP contribution in [0.15, 0.2) is 36.4 Å². The van der Waals surface area contributed by atoms with Crippen LogP contribution in [0, 0.1) is 0 Å². The Balaban J connectivity index is 2.24. The SMILES string of the molecule is Clc1nc(Cl)c2cc(-c3ccccc3)sc2n1. The maximum absolute atomic E-state index is 6.03. The van der Waals surface area contributed by atoms with Gasteiger partial charge in [-0.1, -0.05) is 41.9 Å². The van der Waals surface area contributed by atoms with Crippen LogP contribution < -0.4 is 0 Å². The van der Waals surface area contributed by atoms with Crippen molar-refractivity contribution in [1.29, 1.82) is 0 Å².